The number of alkyl carbamates (subject to hydrolysis) is 1. The largest absolute Gasteiger partial charge is 0.480 e. The van der Waals surface area contributed by atoms with Gasteiger partial charge >= 0.3 is 24.1 Å². The average molecular weight is 289 g/mol. The van der Waals surface area contributed by atoms with Crippen LogP contribution in [-0.4, -0.2) is 63.9 Å². The van der Waals surface area contributed by atoms with Crippen molar-refractivity contribution in [3.8, 4) is 0 Å². The summed E-state index contributed by atoms with van der Waals surface area (Å²) >= 11 is 0. The van der Waals surface area contributed by atoms with E-state index in [1.54, 1.807) is 5.32 Å². The Morgan fingerprint density at radius 3 is 2.45 bits per heavy atom. The number of urea groups is 1. The number of hydrogen-bond acceptors (Lipinski definition) is 6. The van der Waals surface area contributed by atoms with E-state index < -0.39 is 48.6 Å². The van der Waals surface area contributed by atoms with Crippen molar-refractivity contribution in [2.75, 3.05) is 13.2 Å². The molecule has 112 valence electrons. The molecule has 0 aromatic carbocycles. The molecule has 1 aliphatic rings. The summed E-state index contributed by atoms with van der Waals surface area (Å²) in [5, 5.41) is 19.8. The fourth-order valence-electron chi connectivity index (χ4n) is 1.85. The predicted molar refractivity (Wildman–Crippen MR) is 62.9 cm³/mol. The van der Waals surface area contributed by atoms with Gasteiger partial charge in [0.05, 0.1) is 13.2 Å². The first-order valence-corrected chi connectivity index (χ1v) is 5.70. The summed E-state index contributed by atoms with van der Waals surface area (Å²) in [6.45, 7) is 1.03. The van der Waals surface area contributed by atoms with Crippen molar-refractivity contribution in [2.24, 2.45) is 5.73 Å². The Labute approximate surface area is 113 Å². The van der Waals surface area contributed by atoms with Gasteiger partial charge in [-0.2, -0.15) is 0 Å². The SMILES string of the molecule is CCOC(=O)NC(=O)N1C[C@@](N)(C(=O)O)C[C@H]1C(=O)O. The number of carboxylic acid groups (broad SMARTS) is 2. The van der Waals surface area contributed by atoms with E-state index in [1.807, 2.05) is 0 Å². The monoisotopic (exact) mass is 289 g/mol. The van der Waals surface area contributed by atoms with Gasteiger partial charge < -0.3 is 25.6 Å². The molecule has 0 aromatic rings. The van der Waals surface area contributed by atoms with E-state index in [-0.39, 0.29) is 6.61 Å². The molecule has 1 saturated heterocycles. The van der Waals surface area contributed by atoms with Crippen LogP contribution in [0.25, 0.3) is 0 Å². The molecular weight excluding hydrogens is 274 g/mol. The summed E-state index contributed by atoms with van der Waals surface area (Å²) in [6, 6.07) is -2.49. The lowest BCUT2D eigenvalue weighted by atomic mass is 9.98. The second-order valence-corrected chi connectivity index (χ2v) is 4.30. The van der Waals surface area contributed by atoms with E-state index in [4.69, 9.17) is 15.9 Å². The van der Waals surface area contributed by atoms with Crippen LogP contribution in [-0.2, 0) is 14.3 Å². The van der Waals surface area contributed by atoms with E-state index in [0.29, 0.717) is 4.90 Å². The number of rotatable bonds is 3. The van der Waals surface area contributed by atoms with E-state index in [0.717, 1.165) is 0 Å². The van der Waals surface area contributed by atoms with Gasteiger partial charge in [-0.3, -0.25) is 4.79 Å². The lowest BCUT2D eigenvalue weighted by Gasteiger charge is -2.21. The Hall–Kier alpha value is -2.36. The number of amides is 3. The lowest BCUT2D eigenvalue weighted by Crippen LogP contribution is -2.52. The molecule has 1 aliphatic heterocycles. The smallest absolute Gasteiger partial charge is 0.415 e. The molecule has 2 atom stereocenters. The van der Waals surface area contributed by atoms with Gasteiger partial charge in [-0.25, -0.2) is 19.7 Å². The van der Waals surface area contributed by atoms with Gasteiger partial charge in [0.25, 0.3) is 0 Å². The van der Waals surface area contributed by atoms with Crippen LogP contribution in [0, 0.1) is 0 Å². The maximum Gasteiger partial charge on any atom is 0.415 e. The Bertz CT molecular complexity index is 452. The molecule has 3 amide bonds. The van der Waals surface area contributed by atoms with Gasteiger partial charge in [0.15, 0.2) is 0 Å². The number of carboxylic acids is 2. The summed E-state index contributed by atoms with van der Waals surface area (Å²) in [5.41, 5.74) is 3.68. The van der Waals surface area contributed by atoms with Crippen LogP contribution in [0.3, 0.4) is 0 Å². The number of likely N-dealkylation sites (tertiary alicyclic amines) is 1. The van der Waals surface area contributed by atoms with Crippen LogP contribution in [0.2, 0.25) is 0 Å². The summed E-state index contributed by atoms with van der Waals surface area (Å²) in [7, 11) is 0. The molecule has 1 fully saturated rings. The fraction of sp³-hybridized carbons (Fsp3) is 0.600. The zero-order valence-electron chi connectivity index (χ0n) is 10.7. The number of nitrogens with two attached hydrogens (primary N) is 1. The maximum atomic E-state index is 11.8. The van der Waals surface area contributed by atoms with E-state index in [2.05, 4.69) is 4.74 Å². The lowest BCUT2D eigenvalue weighted by molar-refractivity contribution is -0.142. The van der Waals surface area contributed by atoms with Crippen molar-refractivity contribution in [3.63, 3.8) is 0 Å². The molecule has 0 saturated carbocycles. The average Bonchev–Trinajstić information content (AvgIpc) is 2.69. The van der Waals surface area contributed by atoms with Gasteiger partial charge in [0, 0.05) is 6.42 Å². The third-order valence-electron chi connectivity index (χ3n) is 2.84. The molecule has 1 rings (SSSR count). The second kappa shape index (κ2) is 5.74. The van der Waals surface area contributed by atoms with E-state index in [9.17, 15) is 19.2 Å². The minimum atomic E-state index is -1.87. The Balaban J connectivity index is 2.86. The number of carbonyl (C=O) groups is 4. The molecule has 20 heavy (non-hydrogen) atoms. The van der Waals surface area contributed by atoms with Crippen LogP contribution >= 0.6 is 0 Å². The number of nitrogens with one attached hydrogen (secondary N) is 1. The first kappa shape index (κ1) is 15.7. The minimum Gasteiger partial charge on any atom is -0.480 e. The summed E-state index contributed by atoms with van der Waals surface area (Å²) in [6.07, 6.45) is -1.50. The third-order valence-corrected chi connectivity index (χ3v) is 2.84. The molecule has 10 nitrogen and oxygen atoms in total. The van der Waals surface area contributed by atoms with Crippen molar-refractivity contribution in [1.29, 1.82) is 0 Å². The van der Waals surface area contributed by atoms with Crippen molar-refractivity contribution < 1.29 is 34.1 Å². The van der Waals surface area contributed by atoms with E-state index in [1.165, 1.54) is 6.92 Å². The highest BCUT2D eigenvalue weighted by atomic mass is 16.5. The first-order chi connectivity index (χ1) is 9.21. The summed E-state index contributed by atoms with van der Waals surface area (Å²) < 4.78 is 4.47. The highest BCUT2D eigenvalue weighted by Crippen LogP contribution is 2.25. The van der Waals surface area contributed by atoms with Crippen LogP contribution < -0.4 is 11.1 Å². The van der Waals surface area contributed by atoms with Crippen LogP contribution in [0.1, 0.15) is 13.3 Å². The highest BCUT2D eigenvalue weighted by Gasteiger charge is 2.51. The first-order valence-electron chi connectivity index (χ1n) is 5.70. The van der Waals surface area contributed by atoms with Crippen LogP contribution in [0.4, 0.5) is 9.59 Å². The number of carbonyl (C=O) groups excluding carboxylic acids is 2. The van der Waals surface area contributed by atoms with Crippen LogP contribution in [0.5, 0.6) is 0 Å². The number of hydrogen-bond donors (Lipinski definition) is 4. The quantitative estimate of drug-likeness (QED) is 0.503. The normalized spacial score (nSPS) is 25.1. The molecular formula is C10H15N3O7. The van der Waals surface area contributed by atoms with Crippen molar-refractivity contribution >= 4 is 24.1 Å². The Morgan fingerprint density at radius 1 is 1.40 bits per heavy atom. The van der Waals surface area contributed by atoms with Crippen molar-refractivity contribution in [3.05, 3.63) is 0 Å². The standard InChI is InChI=1S/C10H15N3O7/c1-2-20-9(19)12-8(18)13-4-10(11,7(16)17)3-5(13)6(14)15/h5H,2-4,11H2,1H3,(H,14,15)(H,16,17)(H,12,18,19)/t5-,10+/m0/s1. The fourth-order valence-corrected chi connectivity index (χ4v) is 1.85. The van der Waals surface area contributed by atoms with Gasteiger partial charge in [-0.05, 0) is 6.92 Å². The van der Waals surface area contributed by atoms with Gasteiger partial charge in [-0.1, -0.05) is 0 Å². The van der Waals surface area contributed by atoms with Crippen molar-refractivity contribution in [2.45, 2.75) is 24.9 Å². The van der Waals surface area contributed by atoms with Gasteiger partial charge in [0.2, 0.25) is 0 Å². The van der Waals surface area contributed by atoms with Gasteiger partial charge in [-0.15, -0.1) is 0 Å². The number of imide groups is 1. The number of nitrogens with zero attached hydrogens (tertiary/aromatic N) is 1. The van der Waals surface area contributed by atoms with Crippen molar-refractivity contribution in [1.82, 2.24) is 10.2 Å². The molecule has 0 radical (unpaired) electrons. The Morgan fingerprint density at radius 2 is 2.00 bits per heavy atom. The molecule has 0 spiro atoms. The summed E-state index contributed by atoms with van der Waals surface area (Å²) in [4.78, 5) is 45.6. The minimum absolute atomic E-state index is 0.0252. The zero-order valence-corrected chi connectivity index (χ0v) is 10.7. The predicted octanol–water partition coefficient (Wildman–Crippen LogP) is -1.21. The van der Waals surface area contributed by atoms with E-state index >= 15 is 0 Å². The molecule has 0 aromatic heterocycles. The third kappa shape index (κ3) is 3.15. The molecule has 5 N–H and O–H groups in total. The zero-order chi connectivity index (χ0) is 15.5. The summed E-state index contributed by atoms with van der Waals surface area (Å²) in [5.74, 6) is -2.83. The highest BCUT2D eigenvalue weighted by molar-refractivity contribution is 5.94. The molecule has 1 heterocycles. The molecule has 0 bridgehead atoms. The van der Waals surface area contributed by atoms with Gasteiger partial charge in [0.1, 0.15) is 11.6 Å². The topological polar surface area (TPSA) is 159 Å². The maximum absolute atomic E-state index is 11.8. The Kier molecular flexibility index (Phi) is 4.50. The molecule has 10 heteroatoms. The number of ether oxygens (including phenoxy) is 1. The second-order valence-electron chi connectivity index (χ2n) is 4.30. The molecule has 0 unspecified atom stereocenters. The van der Waals surface area contributed by atoms with Crippen LogP contribution in [0.15, 0.2) is 0 Å². The number of aliphatic carboxylic acids is 2. The molecule has 0 aliphatic carbocycles.